The second kappa shape index (κ2) is 6.66. The van der Waals surface area contributed by atoms with Crippen molar-refractivity contribution in [1.82, 2.24) is 24.6 Å². The SMILES string of the molecule is COc1cccc(-n2cc(CN(C)Cc3nc[nH]c3C)cn2)c1. The zero-order valence-corrected chi connectivity index (χ0v) is 13.7. The highest BCUT2D eigenvalue weighted by atomic mass is 16.5. The van der Waals surface area contributed by atoms with E-state index in [4.69, 9.17) is 4.74 Å². The van der Waals surface area contributed by atoms with E-state index in [9.17, 15) is 0 Å². The summed E-state index contributed by atoms with van der Waals surface area (Å²) >= 11 is 0. The normalized spacial score (nSPS) is 11.1. The quantitative estimate of drug-likeness (QED) is 0.760. The summed E-state index contributed by atoms with van der Waals surface area (Å²) in [4.78, 5) is 9.66. The van der Waals surface area contributed by atoms with Gasteiger partial charge in [0.25, 0.3) is 0 Å². The van der Waals surface area contributed by atoms with Gasteiger partial charge in [0.05, 0.1) is 31.0 Å². The molecule has 1 N–H and O–H groups in total. The van der Waals surface area contributed by atoms with Gasteiger partial charge >= 0.3 is 0 Å². The first kappa shape index (κ1) is 15.3. The maximum absolute atomic E-state index is 5.26. The van der Waals surface area contributed by atoms with Crippen molar-refractivity contribution in [2.45, 2.75) is 20.0 Å². The number of hydrogen-bond donors (Lipinski definition) is 1. The average Bonchev–Trinajstić information content (AvgIpc) is 3.17. The standard InChI is InChI=1S/C17H21N5O/c1-13-17(19-12-18-13)11-21(2)9-14-8-20-22(10-14)15-5-4-6-16(7-15)23-3/h4-8,10,12H,9,11H2,1-3H3,(H,18,19). The lowest BCUT2D eigenvalue weighted by Gasteiger charge is -2.14. The number of imidazole rings is 1. The van der Waals surface area contributed by atoms with Crippen molar-refractivity contribution in [3.63, 3.8) is 0 Å². The molecule has 6 nitrogen and oxygen atoms in total. The molecule has 0 fully saturated rings. The molecule has 1 aromatic carbocycles. The molecule has 2 aromatic heterocycles. The topological polar surface area (TPSA) is 59.0 Å². The first-order chi connectivity index (χ1) is 11.2. The molecule has 0 atom stereocenters. The summed E-state index contributed by atoms with van der Waals surface area (Å²) < 4.78 is 7.12. The average molecular weight is 311 g/mol. The van der Waals surface area contributed by atoms with Crippen LogP contribution in [-0.2, 0) is 13.1 Å². The highest BCUT2D eigenvalue weighted by Gasteiger charge is 2.08. The predicted molar refractivity (Wildman–Crippen MR) is 88.6 cm³/mol. The molecule has 0 radical (unpaired) electrons. The van der Waals surface area contributed by atoms with Gasteiger partial charge in [-0.15, -0.1) is 0 Å². The molecule has 0 saturated heterocycles. The van der Waals surface area contributed by atoms with Gasteiger partial charge in [-0.05, 0) is 26.1 Å². The minimum absolute atomic E-state index is 0.805. The minimum atomic E-state index is 0.805. The third-order valence-corrected chi connectivity index (χ3v) is 3.76. The van der Waals surface area contributed by atoms with Gasteiger partial charge in [0.2, 0.25) is 0 Å². The molecule has 0 unspecified atom stereocenters. The fourth-order valence-corrected chi connectivity index (χ4v) is 2.51. The second-order valence-electron chi connectivity index (χ2n) is 5.64. The van der Waals surface area contributed by atoms with E-state index in [0.717, 1.165) is 41.5 Å². The summed E-state index contributed by atoms with van der Waals surface area (Å²) in [6.07, 6.45) is 5.68. The highest BCUT2D eigenvalue weighted by Crippen LogP contribution is 2.17. The van der Waals surface area contributed by atoms with Crippen LogP contribution >= 0.6 is 0 Å². The molecule has 0 aliphatic heterocycles. The van der Waals surface area contributed by atoms with Crippen LogP contribution in [0.1, 0.15) is 17.0 Å². The Labute approximate surface area is 135 Å². The summed E-state index contributed by atoms with van der Waals surface area (Å²) in [7, 11) is 3.75. The number of aryl methyl sites for hydroxylation is 1. The summed E-state index contributed by atoms with van der Waals surface area (Å²) in [5.41, 5.74) is 4.33. The van der Waals surface area contributed by atoms with E-state index in [0.29, 0.717) is 0 Å². The largest absolute Gasteiger partial charge is 0.497 e. The molecule has 3 rings (SSSR count). The van der Waals surface area contributed by atoms with Crippen LogP contribution < -0.4 is 4.74 Å². The molecule has 120 valence electrons. The van der Waals surface area contributed by atoms with Crippen molar-refractivity contribution < 1.29 is 4.74 Å². The fraction of sp³-hybridized carbons (Fsp3) is 0.294. The second-order valence-corrected chi connectivity index (χ2v) is 5.64. The smallest absolute Gasteiger partial charge is 0.121 e. The van der Waals surface area contributed by atoms with Gasteiger partial charge in [-0.3, -0.25) is 4.90 Å². The molecule has 0 aliphatic carbocycles. The number of H-pyrrole nitrogens is 1. The van der Waals surface area contributed by atoms with Gasteiger partial charge in [-0.25, -0.2) is 9.67 Å². The number of aromatic amines is 1. The summed E-state index contributed by atoms with van der Waals surface area (Å²) in [6, 6.07) is 7.86. The van der Waals surface area contributed by atoms with Crippen LogP contribution in [0, 0.1) is 6.92 Å². The van der Waals surface area contributed by atoms with Crippen molar-refractivity contribution in [2.24, 2.45) is 0 Å². The zero-order valence-electron chi connectivity index (χ0n) is 13.7. The van der Waals surface area contributed by atoms with Crippen LogP contribution in [-0.4, -0.2) is 38.8 Å². The van der Waals surface area contributed by atoms with Crippen molar-refractivity contribution in [3.8, 4) is 11.4 Å². The molecule has 0 aliphatic rings. The summed E-state index contributed by atoms with van der Waals surface area (Å²) in [6.45, 7) is 3.66. The van der Waals surface area contributed by atoms with E-state index >= 15 is 0 Å². The molecule has 6 heteroatoms. The first-order valence-electron chi connectivity index (χ1n) is 7.51. The van der Waals surface area contributed by atoms with Crippen molar-refractivity contribution >= 4 is 0 Å². The monoisotopic (exact) mass is 311 g/mol. The van der Waals surface area contributed by atoms with Crippen LogP contribution in [0.2, 0.25) is 0 Å². The molecule has 2 heterocycles. The predicted octanol–water partition coefficient (Wildman–Crippen LogP) is 2.54. The number of aromatic nitrogens is 4. The Kier molecular flexibility index (Phi) is 4.43. The van der Waals surface area contributed by atoms with E-state index in [1.54, 1.807) is 13.4 Å². The van der Waals surface area contributed by atoms with Gasteiger partial charge in [-0.1, -0.05) is 6.07 Å². The van der Waals surface area contributed by atoms with Gasteiger partial charge in [0.15, 0.2) is 0 Å². The number of ether oxygens (including phenoxy) is 1. The number of nitrogens with zero attached hydrogens (tertiary/aromatic N) is 4. The Morgan fingerprint density at radius 1 is 1.30 bits per heavy atom. The molecular weight excluding hydrogens is 290 g/mol. The zero-order chi connectivity index (χ0) is 16.2. The Balaban J connectivity index is 1.68. The Morgan fingerprint density at radius 3 is 2.91 bits per heavy atom. The molecule has 23 heavy (non-hydrogen) atoms. The van der Waals surface area contributed by atoms with Crippen LogP contribution in [0.4, 0.5) is 0 Å². The van der Waals surface area contributed by atoms with E-state index < -0.39 is 0 Å². The van der Waals surface area contributed by atoms with E-state index in [2.05, 4.69) is 27.0 Å². The maximum Gasteiger partial charge on any atom is 0.121 e. The Morgan fingerprint density at radius 2 is 2.17 bits per heavy atom. The molecule has 0 amide bonds. The molecule has 0 spiro atoms. The lowest BCUT2D eigenvalue weighted by Crippen LogP contribution is -2.17. The van der Waals surface area contributed by atoms with Crippen LogP contribution in [0.25, 0.3) is 5.69 Å². The van der Waals surface area contributed by atoms with E-state index in [-0.39, 0.29) is 0 Å². The Bertz CT molecular complexity index is 777. The first-order valence-corrected chi connectivity index (χ1v) is 7.51. The summed E-state index contributed by atoms with van der Waals surface area (Å²) in [5, 5.41) is 4.44. The van der Waals surface area contributed by atoms with Gasteiger partial charge in [0, 0.05) is 36.6 Å². The van der Waals surface area contributed by atoms with Crippen LogP contribution in [0.5, 0.6) is 5.75 Å². The van der Waals surface area contributed by atoms with Gasteiger partial charge in [-0.2, -0.15) is 5.10 Å². The number of hydrogen-bond acceptors (Lipinski definition) is 4. The molecule has 0 saturated carbocycles. The van der Waals surface area contributed by atoms with Crippen LogP contribution in [0.15, 0.2) is 43.0 Å². The Hall–Kier alpha value is -2.60. The molecule has 0 bridgehead atoms. The van der Waals surface area contributed by atoms with Crippen LogP contribution in [0.3, 0.4) is 0 Å². The number of benzene rings is 1. The fourth-order valence-electron chi connectivity index (χ4n) is 2.51. The lowest BCUT2D eigenvalue weighted by molar-refractivity contribution is 0.315. The van der Waals surface area contributed by atoms with Crippen molar-refractivity contribution in [2.75, 3.05) is 14.2 Å². The van der Waals surface area contributed by atoms with E-state index in [1.165, 1.54) is 0 Å². The third-order valence-electron chi connectivity index (χ3n) is 3.76. The van der Waals surface area contributed by atoms with Crippen molar-refractivity contribution in [3.05, 3.63) is 59.9 Å². The highest BCUT2D eigenvalue weighted by molar-refractivity contribution is 5.38. The number of rotatable bonds is 6. The molecular formula is C17H21N5O. The third kappa shape index (κ3) is 3.60. The van der Waals surface area contributed by atoms with E-state index in [1.807, 2.05) is 48.3 Å². The van der Waals surface area contributed by atoms with Gasteiger partial charge in [0.1, 0.15) is 5.75 Å². The van der Waals surface area contributed by atoms with Gasteiger partial charge < -0.3 is 9.72 Å². The summed E-state index contributed by atoms with van der Waals surface area (Å²) in [5.74, 6) is 0.825. The number of nitrogens with one attached hydrogen (secondary N) is 1. The minimum Gasteiger partial charge on any atom is -0.497 e. The number of methoxy groups -OCH3 is 1. The maximum atomic E-state index is 5.26. The molecule has 3 aromatic rings. The van der Waals surface area contributed by atoms with Crippen molar-refractivity contribution in [1.29, 1.82) is 0 Å². The lowest BCUT2D eigenvalue weighted by atomic mass is 10.3.